The maximum absolute atomic E-state index is 12.9. The maximum atomic E-state index is 12.9. The molecule has 3 rings (SSSR count). The monoisotopic (exact) mass is 499 g/mol. The Morgan fingerprint density at radius 2 is 1.79 bits per heavy atom. The fraction of sp³-hybridized carbons (Fsp3) is 0.360. The molecule has 0 aliphatic carbocycles. The van der Waals surface area contributed by atoms with E-state index >= 15 is 0 Å². The van der Waals surface area contributed by atoms with Gasteiger partial charge in [0.25, 0.3) is 5.91 Å². The predicted molar refractivity (Wildman–Crippen MR) is 137 cm³/mol. The van der Waals surface area contributed by atoms with E-state index in [0.29, 0.717) is 33.8 Å². The van der Waals surface area contributed by atoms with Crippen LogP contribution in [0, 0.1) is 19.8 Å². The van der Waals surface area contributed by atoms with Crippen LogP contribution in [-0.2, 0) is 11.3 Å². The highest BCUT2D eigenvalue weighted by atomic mass is 35.5. The summed E-state index contributed by atoms with van der Waals surface area (Å²) in [4.78, 5) is 25.4. The lowest BCUT2D eigenvalue weighted by atomic mass is 10.0. The molecule has 2 amide bonds. The van der Waals surface area contributed by atoms with Crippen molar-refractivity contribution in [1.29, 1.82) is 0 Å². The summed E-state index contributed by atoms with van der Waals surface area (Å²) in [5, 5.41) is 15.9. The number of hydrogen-bond donors (Lipinski definition) is 2. The van der Waals surface area contributed by atoms with E-state index < -0.39 is 0 Å². The summed E-state index contributed by atoms with van der Waals surface area (Å²) in [6.07, 6.45) is 0. The van der Waals surface area contributed by atoms with Crippen LogP contribution in [-0.4, -0.2) is 32.3 Å². The number of benzene rings is 2. The van der Waals surface area contributed by atoms with E-state index in [-0.39, 0.29) is 29.5 Å². The SMILES string of the molecule is CCn1c(SCC(=O)Nc2cccc(Cl)c2C)nnc1[C@H](NC(=O)c1ccc(C)cc1)C(C)C. The maximum Gasteiger partial charge on any atom is 0.251 e. The van der Waals surface area contributed by atoms with E-state index in [0.717, 1.165) is 11.1 Å². The highest BCUT2D eigenvalue weighted by Gasteiger charge is 2.26. The Morgan fingerprint density at radius 3 is 2.44 bits per heavy atom. The minimum atomic E-state index is -0.321. The number of carbonyl (C=O) groups excluding carboxylic acids is 2. The van der Waals surface area contributed by atoms with Crippen molar-refractivity contribution < 1.29 is 9.59 Å². The zero-order chi connectivity index (χ0) is 24.8. The number of carbonyl (C=O) groups is 2. The number of aryl methyl sites for hydroxylation is 1. The lowest BCUT2D eigenvalue weighted by molar-refractivity contribution is -0.113. The second-order valence-corrected chi connectivity index (χ2v) is 9.75. The molecule has 180 valence electrons. The molecule has 0 saturated heterocycles. The van der Waals surface area contributed by atoms with E-state index in [1.54, 1.807) is 12.1 Å². The van der Waals surface area contributed by atoms with E-state index in [1.165, 1.54) is 11.8 Å². The van der Waals surface area contributed by atoms with Crippen molar-refractivity contribution in [3.63, 3.8) is 0 Å². The van der Waals surface area contributed by atoms with Gasteiger partial charge < -0.3 is 15.2 Å². The molecule has 0 bridgehead atoms. The molecule has 1 aromatic heterocycles. The molecule has 7 nitrogen and oxygen atoms in total. The molecule has 0 aliphatic rings. The Kier molecular flexibility index (Phi) is 8.74. The summed E-state index contributed by atoms with van der Waals surface area (Å²) in [5.74, 6) is 0.625. The molecule has 0 spiro atoms. The molecule has 3 aromatic rings. The van der Waals surface area contributed by atoms with Gasteiger partial charge in [-0.15, -0.1) is 10.2 Å². The molecular formula is C25H30ClN5O2S. The molecule has 2 aromatic carbocycles. The number of nitrogens with zero attached hydrogens (tertiary/aromatic N) is 3. The first-order valence-electron chi connectivity index (χ1n) is 11.2. The van der Waals surface area contributed by atoms with E-state index in [9.17, 15) is 9.59 Å². The van der Waals surface area contributed by atoms with Crippen LogP contribution in [0.15, 0.2) is 47.6 Å². The van der Waals surface area contributed by atoms with Crippen molar-refractivity contribution >= 4 is 40.9 Å². The molecule has 0 unspecified atom stereocenters. The number of amides is 2. The smallest absolute Gasteiger partial charge is 0.251 e. The molecule has 2 N–H and O–H groups in total. The van der Waals surface area contributed by atoms with Crippen LogP contribution >= 0.6 is 23.4 Å². The van der Waals surface area contributed by atoms with E-state index in [1.807, 2.05) is 69.5 Å². The fourth-order valence-electron chi connectivity index (χ4n) is 3.45. The number of nitrogens with one attached hydrogen (secondary N) is 2. The summed E-state index contributed by atoms with van der Waals surface area (Å²) in [7, 11) is 0. The van der Waals surface area contributed by atoms with Crippen LogP contribution in [0.5, 0.6) is 0 Å². The second kappa shape index (κ2) is 11.5. The van der Waals surface area contributed by atoms with Gasteiger partial charge in [0.05, 0.1) is 11.8 Å². The molecule has 0 radical (unpaired) electrons. The number of thioether (sulfide) groups is 1. The van der Waals surface area contributed by atoms with Gasteiger partial charge in [0.15, 0.2) is 11.0 Å². The van der Waals surface area contributed by atoms with Crippen LogP contribution in [0.1, 0.15) is 54.1 Å². The Bertz CT molecular complexity index is 1160. The first-order valence-corrected chi connectivity index (χ1v) is 12.6. The van der Waals surface area contributed by atoms with Crippen molar-refractivity contribution in [1.82, 2.24) is 20.1 Å². The topological polar surface area (TPSA) is 88.9 Å². The normalized spacial score (nSPS) is 12.0. The van der Waals surface area contributed by atoms with E-state index in [4.69, 9.17) is 11.6 Å². The van der Waals surface area contributed by atoms with Crippen LogP contribution < -0.4 is 10.6 Å². The average molecular weight is 500 g/mol. The summed E-state index contributed by atoms with van der Waals surface area (Å²) in [6.45, 7) is 10.5. The minimum absolute atomic E-state index is 0.0934. The summed E-state index contributed by atoms with van der Waals surface area (Å²) in [5.41, 5.74) is 3.21. The lowest BCUT2D eigenvalue weighted by Gasteiger charge is -2.22. The van der Waals surface area contributed by atoms with Gasteiger partial charge in [-0.05, 0) is 56.5 Å². The van der Waals surface area contributed by atoms with Gasteiger partial charge in [-0.1, -0.05) is 61.0 Å². The minimum Gasteiger partial charge on any atom is -0.342 e. The van der Waals surface area contributed by atoms with Gasteiger partial charge in [-0.2, -0.15) is 0 Å². The summed E-state index contributed by atoms with van der Waals surface area (Å²) < 4.78 is 1.95. The highest BCUT2D eigenvalue weighted by Crippen LogP contribution is 2.27. The van der Waals surface area contributed by atoms with Crippen molar-refractivity contribution in [3.05, 3.63) is 70.0 Å². The zero-order valence-electron chi connectivity index (χ0n) is 20.1. The summed E-state index contributed by atoms with van der Waals surface area (Å²) >= 11 is 7.45. The zero-order valence-corrected chi connectivity index (χ0v) is 21.6. The molecule has 0 aliphatic heterocycles. The van der Waals surface area contributed by atoms with E-state index in [2.05, 4.69) is 20.8 Å². The lowest BCUT2D eigenvalue weighted by Crippen LogP contribution is -2.33. The van der Waals surface area contributed by atoms with Gasteiger partial charge in [-0.3, -0.25) is 9.59 Å². The number of hydrogen-bond acceptors (Lipinski definition) is 5. The second-order valence-electron chi connectivity index (χ2n) is 8.40. The Morgan fingerprint density at radius 1 is 1.09 bits per heavy atom. The third-order valence-electron chi connectivity index (χ3n) is 5.48. The Hall–Kier alpha value is -2.84. The van der Waals surface area contributed by atoms with Gasteiger partial charge in [0.2, 0.25) is 5.91 Å². The molecule has 34 heavy (non-hydrogen) atoms. The van der Waals surface area contributed by atoms with Crippen LogP contribution in [0.3, 0.4) is 0 Å². The Labute approximate surface area is 209 Å². The Balaban J connectivity index is 1.72. The third-order valence-corrected chi connectivity index (χ3v) is 6.86. The van der Waals surface area contributed by atoms with Crippen molar-refractivity contribution in [2.45, 2.75) is 52.4 Å². The van der Waals surface area contributed by atoms with Gasteiger partial charge in [0, 0.05) is 22.8 Å². The molecule has 1 heterocycles. The first kappa shape index (κ1) is 25.8. The molecule has 0 saturated carbocycles. The van der Waals surface area contributed by atoms with Gasteiger partial charge in [-0.25, -0.2) is 0 Å². The first-order chi connectivity index (χ1) is 16.2. The largest absolute Gasteiger partial charge is 0.342 e. The third kappa shape index (κ3) is 6.18. The van der Waals surface area contributed by atoms with Crippen molar-refractivity contribution in [3.8, 4) is 0 Å². The van der Waals surface area contributed by atoms with Gasteiger partial charge >= 0.3 is 0 Å². The summed E-state index contributed by atoms with van der Waals surface area (Å²) in [6, 6.07) is 12.5. The van der Waals surface area contributed by atoms with Gasteiger partial charge in [0.1, 0.15) is 0 Å². The molecule has 1 atom stereocenters. The number of rotatable bonds is 9. The standard InChI is InChI=1S/C25H30ClN5O2S/c1-6-31-23(22(15(2)3)28-24(33)18-12-10-16(4)11-13-18)29-30-25(31)34-14-21(32)27-20-9-7-8-19(26)17(20)5/h7-13,15,22H,6,14H2,1-5H3,(H,27,32)(H,28,33)/t22-/m1/s1. The molecule has 0 fully saturated rings. The quantitative estimate of drug-likeness (QED) is 0.383. The van der Waals surface area contributed by atoms with Crippen LogP contribution in [0.25, 0.3) is 0 Å². The van der Waals surface area contributed by atoms with Crippen LogP contribution in [0.4, 0.5) is 5.69 Å². The molecular weight excluding hydrogens is 470 g/mol. The average Bonchev–Trinajstić information content (AvgIpc) is 3.21. The van der Waals surface area contributed by atoms with Crippen molar-refractivity contribution in [2.75, 3.05) is 11.1 Å². The van der Waals surface area contributed by atoms with Crippen LogP contribution in [0.2, 0.25) is 5.02 Å². The highest BCUT2D eigenvalue weighted by molar-refractivity contribution is 7.99. The number of anilines is 1. The number of aromatic nitrogens is 3. The number of halogens is 1. The fourth-order valence-corrected chi connectivity index (χ4v) is 4.44. The van der Waals surface area contributed by atoms with Crippen molar-refractivity contribution in [2.24, 2.45) is 5.92 Å². The molecule has 9 heteroatoms. The predicted octanol–water partition coefficient (Wildman–Crippen LogP) is 5.43.